The first-order valence-electron chi connectivity index (χ1n) is 23.3. The summed E-state index contributed by atoms with van der Waals surface area (Å²) in [4.78, 5) is 14.7. The van der Waals surface area contributed by atoms with E-state index >= 15 is 0 Å². The summed E-state index contributed by atoms with van der Waals surface area (Å²) in [5.41, 5.74) is -1.18. The first-order valence-corrected chi connectivity index (χ1v) is 23.3. The molecule has 0 bridgehead atoms. The van der Waals surface area contributed by atoms with Crippen LogP contribution in [-0.4, -0.2) is 169 Å². The summed E-state index contributed by atoms with van der Waals surface area (Å²) in [7, 11) is 0. The first kappa shape index (κ1) is 48.1. The molecule has 10 N–H and O–H groups in total. The van der Waals surface area contributed by atoms with Crippen LogP contribution in [0.1, 0.15) is 106 Å². The maximum absolute atomic E-state index is 14.7. The summed E-state index contributed by atoms with van der Waals surface area (Å²) in [5.74, 6) is -0.430. The number of aliphatic hydroxyl groups is 10. The van der Waals surface area contributed by atoms with Gasteiger partial charge in [0.05, 0.1) is 37.9 Å². The van der Waals surface area contributed by atoms with Crippen LogP contribution in [0.5, 0.6) is 0 Å². The van der Waals surface area contributed by atoms with Gasteiger partial charge < -0.3 is 79.5 Å². The molecular formula is C46H74O17. The van der Waals surface area contributed by atoms with Gasteiger partial charge in [0.2, 0.25) is 6.29 Å². The quantitative estimate of drug-likeness (QED) is 0.0897. The largest absolute Gasteiger partial charge is 0.432 e. The molecule has 17 heteroatoms. The summed E-state index contributed by atoms with van der Waals surface area (Å²) < 4.78 is 35.7. The number of aliphatic hydroxyl groups excluding tert-OH is 10. The zero-order valence-electron chi connectivity index (χ0n) is 37.6. The normalized spacial score (nSPS) is 54.4. The number of hydrogen-bond acceptors (Lipinski definition) is 17. The van der Waals surface area contributed by atoms with Crippen molar-refractivity contribution in [1.29, 1.82) is 0 Å². The zero-order chi connectivity index (χ0) is 45.8. The minimum absolute atomic E-state index is 0.00814. The van der Waals surface area contributed by atoms with Gasteiger partial charge in [0.25, 0.3) is 0 Å². The van der Waals surface area contributed by atoms with Crippen LogP contribution in [0, 0.1) is 50.2 Å². The van der Waals surface area contributed by atoms with Crippen LogP contribution in [0.2, 0.25) is 0 Å². The van der Waals surface area contributed by atoms with Crippen LogP contribution < -0.4 is 0 Å². The Hall–Kier alpha value is -1.39. The van der Waals surface area contributed by atoms with Crippen molar-refractivity contribution in [1.82, 2.24) is 0 Å². The predicted octanol–water partition coefficient (Wildman–Crippen LogP) is 0.391. The second kappa shape index (κ2) is 17.0. The molecule has 0 radical (unpaired) electrons. The second-order valence-electron chi connectivity index (χ2n) is 22.4. The lowest BCUT2D eigenvalue weighted by molar-refractivity contribution is -0.358. The molecule has 3 saturated heterocycles. The van der Waals surface area contributed by atoms with Crippen molar-refractivity contribution in [2.45, 2.75) is 192 Å². The molecule has 5 aliphatic carbocycles. The number of ether oxygens (including phenoxy) is 6. The van der Waals surface area contributed by atoms with Gasteiger partial charge in [-0.3, -0.25) is 4.79 Å². The zero-order valence-corrected chi connectivity index (χ0v) is 37.6. The minimum atomic E-state index is -1.69. The predicted molar refractivity (Wildman–Crippen MR) is 220 cm³/mol. The van der Waals surface area contributed by atoms with Crippen molar-refractivity contribution in [3.63, 3.8) is 0 Å². The molecule has 0 spiro atoms. The van der Waals surface area contributed by atoms with E-state index in [4.69, 9.17) is 28.4 Å². The molecule has 8 aliphatic rings. The van der Waals surface area contributed by atoms with Gasteiger partial charge in [-0.1, -0.05) is 53.2 Å². The van der Waals surface area contributed by atoms with Gasteiger partial charge in [-0.15, -0.1) is 0 Å². The number of allylic oxidation sites excluding steroid dienone is 2. The van der Waals surface area contributed by atoms with Crippen molar-refractivity contribution >= 4 is 5.97 Å². The van der Waals surface area contributed by atoms with Crippen molar-refractivity contribution in [2.24, 2.45) is 50.2 Å². The molecule has 22 atom stereocenters. The highest BCUT2D eigenvalue weighted by Gasteiger charge is 2.70. The summed E-state index contributed by atoms with van der Waals surface area (Å²) in [6.45, 7) is 12.3. The Morgan fingerprint density at radius 2 is 1.35 bits per heavy atom. The number of hydrogen-bond donors (Lipinski definition) is 10. The minimum Gasteiger partial charge on any atom is -0.432 e. The summed E-state index contributed by atoms with van der Waals surface area (Å²) in [6.07, 6.45) is -10.0. The fourth-order valence-electron chi connectivity index (χ4n) is 14.5. The highest BCUT2D eigenvalue weighted by molar-refractivity contribution is 5.79. The van der Waals surface area contributed by atoms with Gasteiger partial charge in [0, 0.05) is 5.41 Å². The lowest BCUT2D eigenvalue weighted by atomic mass is 9.33. The Morgan fingerprint density at radius 1 is 0.698 bits per heavy atom. The number of rotatable bonds is 8. The van der Waals surface area contributed by atoms with Gasteiger partial charge in [0.15, 0.2) is 12.6 Å². The first-order chi connectivity index (χ1) is 29.5. The summed E-state index contributed by atoms with van der Waals surface area (Å²) in [5, 5.41) is 105. The van der Waals surface area contributed by atoms with E-state index in [0.717, 1.165) is 44.9 Å². The molecule has 4 saturated carbocycles. The van der Waals surface area contributed by atoms with Gasteiger partial charge in [0.1, 0.15) is 61.0 Å². The Kier molecular flexibility index (Phi) is 13.0. The lowest BCUT2D eigenvalue weighted by Crippen LogP contribution is -2.67. The highest BCUT2D eigenvalue weighted by Crippen LogP contribution is 2.76. The third-order valence-corrected chi connectivity index (χ3v) is 18.7. The average molecular weight is 899 g/mol. The van der Waals surface area contributed by atoms with E-state index in [-0.39, 0.29) is 59.2 Å². The number of esters is 1. The lowest BCUT2D eigenvalue weighted by Gasteiger charge is -2.71. The van der Waals surface area contributed by atoms with E-state index in [0.29, 0.717) is 19.3 Å². The van der Waals surface area contributed by atoms with Crippen molar-refractivity contribution in [3.8, 4) is 0 Å². The molecule has 360 valence electrons. The Bertz CT molecular complexity index is 1710. The number of carbonyl (C=O) groups is 1. The highest BCUT2D eigenvalue weighted by atomic mass is 16.8. The standard InChI is InChI=1S/C46H74O17/c1-41(2)13-15-46(40(57)63-38-35(56)33(54)32(53)26(18-47)60-38)16-14-44(5)22(23(46)17-41)7-8-28-42(3)11-10-29(43(4,21-48)27(42)9-12-45(28,44)6)61-39-36(31(52)25(50)20-59-39)62-37-34(55)30(51)24(49)19-58-37/h7,23-39,47-56H,8-21H2,1-6H3/t23-,24+,25-,26+,27+,28+,29-,30-,31-,32+,33-,34+,35+,36+,37-,38-,39-,42-,43-,44+,45+,46-/m0/s1. The van der Waals surface area contributed by atoms with Gasteiger partial charge >= 0.3 is 5.97 Å². The summed E-state index contributed by atoms with van der Waals surface area (Å²) >= 11 is 0. The van der Waals surface area contributed by atoms with E-state index in [2.05, 4.69) is 40.7 Å². The molecule has 8 rings (SSSR count). The van der Waals surface area contributed by atoms with Gasteiger partial charge in [-0.05, 0) is 104 Å². The van der Waals surface area contributed by atoms with Crippen LogP contribution in [-0.2, 0) is 33.2 Å². The van der Waals surface area contributed by atoms with Crippen molar-refractivity contribution < 1.29 is 84.3 Å². The molecule has 17 nitrogen and oxygen atoms in total. The van der Waals surface area contributed by atoms with Crippen LogP contribution in [0.25, 0.3) is 0 Å². The van der Waals surface area contributed by atoms with Crippen LogP contribution in [0.4, 0.5) is 0 Å². The molecule has 0 unspecified atom stereocenters. The maximum Gasteiger partial charge on any atom is 0.315 e. The van der Waals surface area contributed by atoms with E-state index in [1.807, 2.05) is 6.92 Å². The van der Waals surface area contributed by atoms with E-state index in [9.17, 15) is 55.9 Å². The maximum atomic E-state index is 14.7. The Morgan fingerprint density at radius 3 is 2.03 bits per heavy atom. The van der Waals surface area contributed by atoms with Crippen molar-refractivity contribution in [2.75, 3.05) is 26.4 Å². The Labute approximate surface area is 369 Å². The number of fused-ring (bicyclic) bond motifs is 7. The average Bonchev–Trinajstić information content (AvgIpc) is 3.24. The Balaban J connectivity index is 1.05. The van der Waals surface area contributed by atoms with Crippen LogP contribution in [0.15, 0.2) is 11.6 Å². The van der Waals surface area contributed by atoms with Crippen LogP contribution >= 0.6 is 0 Å². The molecule has 3 heterocycles. The fraction of sp³-hybridized carbons (Fsp3) is 0.935. The monoisotopic (exact) mass is 898 g/mol. The molecule has 3 aliphatic heterocycles. The van der Waals surface area contributed by atoms with Crippen molar-refractivity contribution in [3.05, 3.63) is 11.6 Å². The van der Waals surface area contributed by atoms with Gasteiger partial charge in [-0.25, -0.2) is 0 Å². The molecular weight excluding hydrogens is 824 g/mol. The molecule has 0 aromatic carbocycles. The molecule has 7 fully saturated rings. The van der Waals surface area contributed by atoms with E-state index in [1.165, 1.54) is 5.57 Å². The second-order valence-corrected chi connectivity index (χ2v) is 22.4. The SMILES string of the molecule is CC1(C)CC[C@]2(C(=O)O[C@@H]3O[C@H](CO)[C@@H](O)[C@H](O)[C@H]3O)CC[C@]3(C)C(=CC[C@@H]4[C@@]5(C)CC[C@H](O[C@@H]6OC[C@H](O)[C@H](O)[C@H]6O[C@@H]6OC[C@@H](O)[C@H](O)[C@H]6O)[C@@](C)(CO)[C@@H]5CC[C@]43C)[C@@H]2C1. The smallest absolute Gasteiger partial charge is 0.315 e. The van der Waals surface area contributed by atoms with E-state index < -0.39 is 109 Å². The van der Waals surface area contributed by atoms with E-state index in [1.54, 1.807) is 0 Å². The molecule has 63 heavy (non-hydrogen) atoms. The molecule has 0 aromatic rings. The topological polar surface area (TPSA) is 275 Å². The van der Waals surface area contributed by atoms with Crippen LogP contribution in [0.3, 0.4) is 0 Å². The fourth-order valence-corrected chi connectivity index (χ4v) is 14.5. The third kappa shape index (κ3) is 7.50. The molecule has 0 aromatic heterocycles. The van der Waals surface area contributed by atoms with Gasteiger partial charge in [-0.2, -0.15) is 0 Å². The third-order valence-electron chi connectivity index (χ3n) is 18.7. The summed E-state index contributed by atoms with van der Waals surface area (Å²) in [6, 6.07) is 0. The molecule has 0 amide bonds. The number of carbonyl (C=O) groups excluding carboxylic acids is 1.